The van der Waals surface area contributed by atoms with E-state index in [4.69, 9.17) is 0 Å². The monoisotopic (exact) mass is 264 g/mol. The standard InChI is InChI=1S/C12H19F3N2O/c13-12(14,15)5-6-17-10(18)11-4-2-1-3-9(11)7-16-8-11/h9,16H,1-8H2,(H,17,18)/t9-,11+/m0/s1. The molecule has 1 aliphatic carbocycles. The van der Waals surface area contributed by atoms with E-state index >= 15 is 0 Å². The molecular weight excluding hydrogens is 245 g/mol. The van der Waals surface area contributed by atoms with Crippen molar-refractivity contribution in [1.29, 1.82) is 0 Å². The molecule has 2 atom stereocenters. The molecule has 0 spiro atoms. The molecule has 1 heterocycles. The van der Waals surface area contributed by atoms with E-state index in [-0.39, 0.29) is 18.4 Å². The maximum atomic E-state index is 12.2. The van der Waals surface area contributed by atoms with Crippen molar-refractivity contribution in [3.8, 4) is 0 Å². The normalized spacial score (nSPS) is 32.1. The van der Waals surface area contributed by atoms with E-state index in [9.17, 15) is 18.0 Å². The van der Waals surface area contributed by atoms with Crippen molar-refractivity contribution in [3.05, 3.63) is 0 Å². The van der Waals surface area contributed by atoms with Gasteiger partial charge in [0.1, 0.15) is 0 Å². The third-order valence-corrected chi connectivity index (χ3v) is 4.18. The first-order valence-corrected chi connectivity index (χ1v) is 6.50. The van der Waals surface area contributed by atoms with Gasteiger partial charge in [0.15, 0.2) is 0 Å². The van der Waals surface area contributed by atoms with Gasteiger partial charge in [-0.3, -0.25) is 4.79 Å². The highest BCUT2D eigenvalue weighted by Crippen LogP contribution is 2.43. The number of carbonyl (C=O) groups is 1. The van der Waals surface area contributed by atoms with E-state index in [0.717, 1.165) is 32.2 Å². The second kappa shape index (κ2) is 5.07. The Bertz CT molecular complexity index is 319. The van der Waals surface area contributed by atoms with Crippen LogP contribution in [0.1, 0.15) is 32.1 Å². The van der Waals surface area contributed by atoms with Gasteiger partial charge in [0.2, 0.25) is 5.91 Å². The minimum atomic E-state index is -4.20. The average Bonchev–Trinajstić information content (AvgIpc) is 2.71. The van der Waals surface area contributed by atoms with Crippen molar-refractivity contribution in [2.75, 3.05) is 19.6 Å². The lowest BCUT2D eigenvalue weighted by atomic mass is 9.67. The SMILES string of the molecule is O=C(NCCC(F)(F)F)[C@@]12CCCC[C@H]1CNC2. The van der Waals surface area contributed by atoms with Gasteiger partial charge in [-0.2, -0.15) is 13.2 Å². The summed E-state index contributed by atoms with van der Waals surface area (Å²) in [6, 6.07) is 0. The predicted octanol–water partition coefficient (Wildman–Crippen LogP) is 1.83. The van der Waals surface area contributed by atoms with Gasteiger partial charge in [-0.1, -0.05) is 12.8 Å². The number of alkyl halides is 3. The van der Waals surface area contributed by atoms with Gasteiger partial charge in [-0.15, -0.1) is 0 Å². The molecule has 2 N–H and O–H groups in total. The second-order valence-electron chi connectivity index (χ2n) is 5.35. The summed E-state index contributed by atoms with van der Waals surface area (Å²) in [6.45, 7) is 1.11. The highest BCUT2D eigenvalue weighted by atomic mass is 19.4. The molecule has 1 aliphatic heterocycles. The van der Waals surface area contributed by atoms with Crippen LogP contribution in [-0.2, 0) is 4.79 Å². The number of fused-ring (bicyclic) bond motifs is 1. The van der Waals surface area contributed by atoms with E-state index in [1.54, 1.807) is 0 Å². The summed E-state index contributed by atoms with van der Waals surface area (Å²) in [5.74, 6) is 0.0959. The van der Waals surface area contributed by atoms with Crippen LogP contribution >= 0.6 is 0 Å². The molecule has 0 aromatic carbocycles. The van der Waals surface area contributed by atoms with Crippen LogP contribution in [0.2, 0.25) is 0 Å². The zero-order valence-corrected chi connectivity index (χ0v) is 10.3. The van der Waals surface area contributed by atoms with E-state index < -0.39 is 18.0 Å². The smallest absolute Gasteiger partial charge is 0.355 e. The van der Waals surface area contributed by atoms with Crippen LogP contribution in [0.25, 0.3) is 0 Å². The molecule has 104 valence electrons. The number of hydrogen-bond acceptors (Lipinski definition) is 2. The molecule has 18 heavy (non-hydrogen) atoms. The van der Waals surface area contributed by atoms with E-state index in [0.29, 0.717) is 6.54 Å². The lowest BCUT2D eigenvalue weighted by Crippen LogP contribution is -2.48. The lowest BCUT2D eigenvalue weighted by molar-refractivity contribution is -0.140. The Balaban J connectivity index is 1.91. The van der Waals surface area contributed by atoms with Crippen LogP contribution in [0.5, 0.6) is 0 Å². The molecule has 0 aromatic heterocycles. The average molecular weight is 264 g/mol. The van der Waals surface area contributed by atoms with Crippen molar-refractivity contribution in [2.45, 2.75) is 38.3 Å². The Hall–Kier alpha value is -0.780. The fourth-order valence-electron chi connectivity index (χ4n) is 3.18. The van der Waals surface area contributed by atoms with Crippen LogP contribution in [0.3, 0.4) is 0 Å². The Labute approximate surface area is 104 Å². The molecule has 1 amide bonds. The summed E-state index contributed by atoms with van der Waals surface area (Å²) in [6.07, 6.45) is -1.26. The second-order valence-corrected chi connectivity index (χ2v) is 5.35. The third kappa shape index (κ3) is 2.79. The maximum Gasteiger partial charge on any atom is 0.390 e. The minimum Gasteiger partial charge on any atom is -0.355 e. The van der Waals surface area contributed by atoms with Crippen molar-refractivity contribution in [3.63, 3.8) is 0 Å². The van der Waals surface area contributed by atoms with E-state index in [1.165, 1.54) is 0 Å². The van der Waals surface area contributed by atoms with Gasteiger partial charge in [0, 0.05) is 13.1 Å². The van der Waals surface area contributed by atoms with Gasteiger partial charge in [0.05, 0.1) is 11.8 Å². The first kappa shape index (κ1) is 13.6. The van der Waals surface area contributed by atoms with Crippen LogP contribution in [0, 0.1) is 11.3 Å². The lowest BCUT2D eigenvalue weighted by Gasteiger charge is -2.37. The molecule has 6 heteroatoms. The Morgan fingerprint density at radius 1 is 1.39 bits per heavy atom. The van der Waals surface area contributed by atoms with Crippen LogP contribution in [0.4, 0.5) is 13.2 Å². The minimum absolute atomic E-state index is 0.193. The maximum absolute atomic E-state index is 12.2. The number of halogens is 3. The number of amides is 1. The quantitative estimate of drug-likeness (QED) is 0.816. The Morgan fingerprint density at radius 2 is 2.17 bits per heavy atom. The zero-order valence-electron chi connectivity index (χ0n) is 10.3. The van der Waals surface area contributed by atoms with E-state index in [1.807, 2.05) is 0 Å². The summed E-state index contributed by atoms with van der Waals surface area (Å²) < 4.78 is 36.2. The number of carbonyl (C=O) groups excluding carboxylic acids is 1. The highest BCUT2D eigenvalue weighted by molar-refractivity contribution is 5.83. The van der Waals surface area contributed by atoms with Gasteiger partial charge >= 0.3 is 6.18 Å². The van der Waals surface area contributed by atoms with Crippen molar-refractivity contribution < 1.29 is 18.0 Å². The first-order valence-electron chi connectivity index (χ1n) is 6.50. The molecule has 2 aliphatic rings. The summed E-state index contributed by atoms with van der Waals surface area (Å²) >= 11 is 0. The molecule has 1 saturated carbocycles. The molecule has 1 saturated heterocycles. The fraction of sp³-hybridized carbons (Fsp3) is 0.917. The van der Waals surface area contributed by atoms with Crippen molar-refractivity contribution in [2.24, 2.45) is 11.3 Å². The summed E-state index contributed by atoms with van der Waals surface area (Å²) in [5.41, 5.74) is -0.455. The highest BCUT2D eigenvalue weighted by Gasteiger charge is 2.49. The third-order valence-electron chi connectivity index (χ3n) is 4.18. The molecule has 2 fully saturated rings. The number of hydrogen-bond donors (Lipinski definition) is 2. The van der Waals surface area contributed by atoms with Crippen molar-refractivity contribution in [1.82, 2.24) is 10.6 Å². The Kier molecular flexibility index (Phi) is 3.84. The molecule has 2 rings (SSSR count). The fourth-order valence-corrected chi connectivity index (χ4v) is 3.18. The number of rotatable bonds is 3. The molecular formula is C12H19F3N2O. The molecule has 0 radical (unpaired) electrons. The molecule has 3 nitrogen and oxygen atoms in total. The van der Waals surface area contributed by atoms with Gasteiger partial charge < -0.3 is 10.6 Å². The topological polar surface area (TPSA) is 41.1 Å². The van der Waals surface area contributed by atoms with Crippen LogP contribution in [0.15, 0.2) is 0 Å². The molecule has 0 unspecified atom stereocenters. The largest absolute Gasteiger partial charge is 0.390 e. The first-order chi connectivity index (χ1) is 8.44. The predicted molar refractivity (Wildman–Crippen MR) is 60.9 cm³/mol. The Morgan fingerprint density at radius 3 is 2.89 bits per heavy atom. The van der Waals surface area contributed by atoms with Crippen molar-refractivity contribution >= 4 is 5.91 Å². The van der Waals surface area contributed by atoms with Crippen LogP contribution in [-0.4, -0.2) is 31.7 Å². The molecule has 0 bridgehead atoms. The van der Waals surface area contributed by atoms with Gasteiger partial charge in [-0.25, -0.2) is 0 Å². The number of nitrogens with one attached hydrogen (secondary N) is 2. The van der Waals surface area contributed by atoms with E-state index in [2.05, 4.69) is 10.6 Å². The molecule has 0 aromatic rings. The van der Waals surface area contributed by atoms with Gasteiger partial charge in [-0.05, 0) is 25.3 Å². The summed E-state index contributed by atoms with van der Waals surface area (Å²) in [7, 11) is 0. The summed E-state index contributed by atoms with van der Waals surface area (Å²) in [5, 5.41) is 5.68. The zero-order chi connectivity index (χ0) is 13.2. The van der Waals surface area contributed by atoms with Crippen LogP contribution < -0.4 is 10.6 Å². The van der Waals surface area contributed by atoms with Gasteiger partial charge in [0.25, 0.3) is 0 Å². The summed E-state index contributed by atoms with van der Waals surface area (Å²) in [4.78, 5) is 12.2.